The van der Waals surface area contributed by atoms with Gasteiger partial charge in [-0.2, -0.15) is 0 Å². The largest absolute Gasteiger partial charge is 0.311 e. The molecule has 620 valence electrons. The summed E-state index contributed by atoms with van der Waals surface area (Å²) in [6.45, 7) is 21.2. The molecule has 4 unspecified atom stereocenters. The molecule has 0 amide bonds. The topological polar surface area (TPSA) is 13.0 Å². The molecule has 22 rings (SSSR count). The molecule has 0 aliphatic heterocycles. The third kappa shape index (κ3) is 16.6. The molecular formula is C120H120N4. The molecule has 14 aromatic carbocycles. The highest BCUT2D eigenvalue weighted by molar-refractivity contribution is 5.84. The van der Waals surface area contributed by atoms with E-state index in [0.29, 0.717) is 0 Å². The first kappa shape index (κ1) is 81.4. The predicted molar refractivity (Wildman–Crippen MR) is 528 cm³/mol. The fraction of sp³-hybridized carbons (Fsp3) is 0.267. The van der Waals surface area contributed by atoms with Gasteiger partial charge in [-0.15, -0.1) is 0 Å². The van der Waals surface area contributed by atoms with Crippen molar-refractivity contribution in [3.05, 3.63) is 420 Å². The van der Waals surface area contributed by atoms with Crippen LogP contribution in [0.15, 0.2) is 353 Å². The predicted octanol–water partition coefficient (Wildman–Crippen LogP) is 33.4. The van der Waals surface area contributed by atoms with Crippen LogP contribution in [0.5, 0.6) is 0 Å². The molecule has 0 N–H and O–H groups in total. The molecule has 8 bridgehead atoms. The van der Waals surface area contributed by atoms with Crippen molar-refractivity contribution in [3.8, 4) is 22.3 Å². The molecule has 0 saturated heterocycles. The maximum absolute atomic E-state index is 4.01. The minimum Gasteiger partial charge on any atom is -0.311 e. The highest BCUT2D eigenvalue weighted by Crippen LogP contribution is 2.68. The standard InChI is InChI=1S/2C60H60N2/c1-5-7-12-46-17-27-53(28-18-46)61(56-33-25-52(26-34-56)60-40-47-37-48(41-60)39-59(38-47,42-60)51-23-15-45(6-2)16-24-51)54-29-19-49(20-30-54)50-21-31-55(32-22-50)62(57-13-8-10-43(3)35-57)58-14-9-11-44(4)36-58;1-5-7-8-46-15-29-55(30-16-46)62(58-35-23-52(24-36-58)60-40-47-37-48(41-60)39-59(38-47,42-60)51-21-13-45(6-2)14-22-51)57-33-19-50(20-34-57)49-17-31-56(32-18-49)61(53-25-9-43(3)10-26-53)54-27-11-44(4)12-28-54/h6,8-11,13-36,47-48H,2,5,7,12,37-42H2,1,3-4H3;6,9-36,47-48H,2,5,7-8,37-42H2,1,3-4H3. The molecule has 8 aliphatic rings. The molecule has 4 nitrogen and oxygen atoms in total. The SMILES string of the molecule is C=Cc1ccc(C23CC4CC(C2)CC(c2ccc(N(c5ccc(CCCC)cc5)c5ccc(-c6ccc(N(c7ccc(C)cc7)c7ccc(C)cc7)cc6)cc5)cc2)(C4)C3)cc1.C=Cc1ccc(C23CC4CC(C2)CC(c2ccc(N(c5ccc(CCCC)cc5)c5ccc(-c6ccc(N(c7cccc(C)c7)c7cccc(C)c7)cc6)cc5)cc2)(C4)C3)cc1. The molecular weight excluding hydrogens is 1500 g/mol. The van der Waals surface area contributed by atoms with Gasteiger partial charge in [-0.3, -0.25) is 0 Å². The van der Waals surface area contributed by atoms with Crippen molar-refractivity contribution in [2.24, 2.45) is 23.7 Å². The van der Waals surface area contributed by atoms with Gasteiger partial charge in [0, 0.05) is 68.2 Å². The second kappa shape index (κ2) is 34.8. The number of benzene rings is 14. The van der Waals surface area contributed by atoms with Crippen molar-refractivity contribution in [1.29, 1.82) is 0 Å². The second-order valence-corrected chi connectivity index (χ2v) is 38.2. The smallest absolute Gasteiger partial charge is 0.0464 e. The quantitative estimate of drug-likeness (QED) is 0.0536. The number of aryl methyl sites for hydroxylation is 6. The van der Waals surface area contributed by atoms with Gasteiger partial charge in [0.05, 0.1) is 0 Å². The monoisotopic (exact) mass is 1620 g/mol. The highest BCUT2D eigenvalue weighted by Gasteiger charge is 2.60. The fourth-order valence-corrected chi connectivity index (χ4v) is 24.1. The minimum absolute atomic E-state index is 0.250. The summed E-state index contributed by atoms with van der Waals surface area (Å²) in [5.74, 6) is 3.25. The van der Waals surface area contributed by atoms with Crippen LogP contribution in [0, 0.1) is 51.4 Å². The van der Waals surface area contributed by atoms with Gasteiger partial charge in [-0.1, -0.05) is 257 Å². The molecule has 0 radical (unpaired) electrons. The minimum atomic E-state index is 0.250. The van der Waals surface area contributed by atoms with Crippen LogP contribution < -0.4 is 19.6 Å². The van der Waals surface area contributed by atoms with Crippen molar-refractivity contribution in [2.75, 3.05) is 19.6 Å². The van der Waals surface area contributed by atoms with Gasteiger partial charge in [-0.05, 0) is 399 Å². The Labute approximate surface area is 739 Å². The first-order valence-electron chi connectivity index (χ1n) is 46.3. The van der Waals surface area contributed by atoms with Crippen LogP contribution in [0.1, 0.15) is 183 Å². The van der Waals surface area contributed by atoms with Gasteiger partial charge < -0.3 is 19.6 Å². The molecule has 8 aliphatic carbocycles. The first-order chi connectivity index (χ1) is 60.6. The zero-order chi connectivity index (χ0) is 84.5. The maximum atomic E-state index is 4.01. The lowest BCUT2D eigenvalue weighted by Crippen LogP contribution is -2.55. The molecule has 124 heavy (non-hydrogen) atoms. The summed E-state index contributed by atoms with van der Waals surface area (Å²) >= 11 is 0. The molecule has 0 aromatic heterocycles. The summed E-state index contributed by atoms with van der Waals surface area (Å²) in [6, 6.07) is 129. The summed E-state index contributed by atoms with van der Waals surface area (Å²) < 4.78 is 0. The van der Waals surface area contributed by atoms with Crippen LogP contribution in [-0.2, 0) is 34.5 Å². The number of unbranched alkanes of at least 4 members (excludes halogenated alkanes) is 2. The lowest BCUT2D eigenvalue weighted by molar-refractivity contribution is -0.0282. The van der Waals surface area contributed by atoms with Gasteiger partial charge in [0.1, 0.15) is 0 Å². The summed E-state index contributed by atoms with van der Waals surface area (Å²) in [5.41, 5.74) is 36.4. The van der Waals surface area contributed by atoms with Crippen LogP contribution in [0.3, 0.4) is 0 Å². The van der Waals surface area contributed by atoms with Crippen molar-refractivity contribution in [3.63, 3.8) is 0 Å². The molecule has 0 heterocycles. The van der Waals surface area contributed by atoms with Gasteiger partial charge in [0.25, 0.3) is 0 Å². The number of nitrogens with zero attached hydrogens (tertiary/aromatic N) is 4. The Hall–Kier alpha value is -12.2. The number of anilines is 12. The van der Waals surface area contributed by atoms with Gasteiger partial charge in [0.2, 0.25) is 0 Å². The van der Waals surface area contributed by atoms with E-state index in [-0.39, 0.29) is 21.7 Å². The second-order valence-electron chi connectivity index (χ2n) is 38.2. The van der Waals surface area contributed by atoms with E-state index in [1.807, 2.05) is 12.2 Å². The van der Waals surface area contributed by atoms with E-state index >= 15 is 0 Å². The van der Waals surface area contributed by atoms with E-state index in [9.17, 15) is 0 Å². The average molecular weight is 1620 g/mol. The molecule has 0 spiro atoms. The average Bonchev–Trinajstić information content (AvgIpc) is 0.708. The van der Waals surface area contributed by atoms with Crippen LogP contribution in [0.2, 0.25) is 0 Å². The Morgan fingerprint density at radius 1 is 0.258 bits per heavy atom. The number of hydrogen-bond donors (Lipinski definition) is 0. The van der Waals surface area contributed by atoms with Crippen LogP contribution in [0.4, 0.5) is 68.2 Å². The Morgan fingerprint density at radius 3 is 0.726 bits per heavy atom. The van der Waals surface area contributed by atoms with E-state index in [2.05, 4.69) is 414 Å². The van der Waals surface area contributed by atoms with Crippen LogP contribution in [-0.4, -0.2) is 0 Å². The van der Waals surface area contributed by atoms with Gasteiger partial charge >= 0.3 is 0 Å². The lowest BCUT2D eigenvalue weighted by Gasteiger charge is -2.63. The molecule has 14 aromatic rings. The zero-order valence-corrected chi connectivity index (χ0v) is 73.7. The molecule has 8 saturated carbocycles. The van der Waals surface area contributed by atoms with Crippen LogP contribution >= 0.6 is 0 Å². The Morgan fingerprint density at radius 2 is 0.484 bits per heavy atom. The van der Waals surface area contributed by atoms with Gasteiger partial charge in [-0.25, -0.2) is 0 Å². The van der Waals surface area contributed by atoms with E-state index < -0.39 is 0 Å². The normalized spacial score (nSPS) is 21.1. The number of hydrogen-bond acceptors (Lipinski definition) is 4. The van der Waals surface area contributed by atoms with Crippen molar-refractivity contribution >= 4 is 80.4 Å². The Kier molecular flexibility index (Phi) is 22.9. The van der Waals surface area contributed by atoms with Crippen molar-refractivity contribution in [2.45, 2.75) is 179 Å². The van der Waals surface area contributed by atoms with E-state index in [4.69, 9.17) is 0 Å². The zero-order valence-electron chi connectivity index (χ0n) is 73.7. The van der Waals surface area contributed by atoms with Gasteiger partial charge in [0.15, 0.2) is 0 Å². The Balaban J connectivity index is 0.000000163. The van der Waals surface area contributed by atoms with E-state index in [1.165, 1.54) is 204 Å². The van der Waals surface area contributed by atoms with E-state index in [1.54, 1.807) is 22.3 Å². The molecule has 4 atom stereocenters. The van der Waals surface area contributed by atoms with Crippen LogP contribution in [0.25, 0.3) is 34.4 Å². The number of rotatable bonds is 26. The fourth-order valence-electron chi connectivity index (χ4n) is 24.1. The Bertz CT molecular complexity index is 5900. The summed E-state index contributed by atoms with van der Waals surface area (Å²) in [4.78, 5) is 9.59. The first-order valence-corrected chi connectivity index (χ1v) is 46.3. The maximum Gasteiger partial charge on any atom is 0.0464 e. The summed E-state index contributed by atoms with van der Waals surface area (Å²) in [5, 5.41) is 0. The van der Waals surface area contributed by atoms with E-state index in [0.717, 1.165) is 70.6 Å². The molecule has 8 fully saturated rings. The lowest BCUT2D eigenvalue weighted by atomic mass is 9.41. The third-order valence-corrected chi connectivity index (χ3v) is 29.4. The summed E-state index contributed by atoms with van der Waals surface area (Å²) in [6.07, 6.45) is 27.1. The third-order valence-electron chi connectivity index (χ3n) is 29.4. The highest BCUT2D eigenvalue weighted by atomic mass is 15.2. The molecule has 4 heteroatoms. The summed E-state index contributed by atoms with van der Waals surface area (Å²) in [7, 11) is 0. The van der Waals surface area contributed by atoms with Crippen molar-refractivity contribution in [1.82, 2.24) is 0 Å². The van der Waals surface area contributed by atoms with Crippen molar-refractivity contribution < 1.29 is 0 Å².